The van der Waals surface area contributed by atoms with E-state index in [2.05, 4.69) is 45.0 Å². The summed E-state index contributed by atoms with van der Waals surface area (Å²) in [5.74, 6) is 0. The van der Waals surface area contributed by atoms with Crippen molar-refractivity contribution in [3.05, 3.63) is 41.0 Å². The molecule has 0 saturated heterocycles. The number of rotatable bonds is 1. The van der Waals surface area contributed by atoms with E-state index < -0.39 is 0 Å². The molecule has 0 nitrogen and oxygen atoms in total. The van der Waals surface area contributed by atoms with Gasteiger partial charge in [0.2, 0.25) is 0 Å². The van der Waals surface area contributed by atoms with Crippen LogP contribution in [0.5, 0.6) is 0 Å². The van der Waals surface area contributed by atoms with E-state index in [9.17, 15) is 0 Å². The molecule has 0 radical (unpaired) electrons. The van der Waals surface area contributed by atoms with E-state index in [1.165, 1.54) is 42.0 Å². The van der Waals surface area contributed by atoms with Crippen LogP contribution in [0.25, 0.3) is 10.8 Å². The van der Waals surface area contributed by atoms with Gasteiger partial charge in [-0.05, 0) is 24.7 Å². The minimum Gasteiger partial charge on any atom is -0.168 e. The Bertz CT molecular complexity index is 555. The molecule has 0 fully saturated rings. The summed E-state index contributed by atoms with van der Waals surface area (Å²) < 4.78 is 0. The molecule has 3 rings (SSSR count). The van der Waals surface area contributed by atoms with Crippen LogP contribution in [0.4, 0.5) is 0 Å². The van der Waals surface area contributed by atoms with Gasteiger partial charge in [0.1, 0.15) is 0 Å². The minimum atomic E-state index is 0. The van der Waals surface area contributed by atoms with Crippen molar-refractivity contribution in [3.63, 3.8) is 0 Å². The molecular weight excluding hydrogens is 211 g/mol. The molecule has 0 spiro atoms. The zero-order valence-electron chi connectivity index (χ0n) is 12.1. The molecule has 0 aromatic heterocycles. The van der Waals surface area contributed by atoms with Gasteiger partial charge in [-0.3, -0.25) is 0 Å². The molecule has 18 heavy (non-hydrogen) atoms. The van der Waals surface area contributed by atoms with E-state index in [-0.39, 0.29) is 18.9 Å². The fourth-order valence-corrected chi connectivity index (χ4v) is 3.06. The number of benzene rings is 1. The van der Waals surface area contributed by atoms with Crippen molar-refractivity contribution < 1.29 is 18.9 Å². The first-order valence-electron chi connectivity index (χ1n) is 6.73. The second kappa shape index (κ2) is 4.84. The van der Waals surface area contributed by atoms with Crippen molar-refractivity contribution in [2.24, 2.45) is 5.41 Å². The Morgan fingerprint density at radius 3 is 2.44 bits per heavy atom. The fraction of sp³-hybridized carbons (Fsp3) is 0.471. The summed E-state index contributed by atoms with van der Waals surface area (Å²) in [5.41, 5.74) is 5.09. The van der Waals surface area contributed by atoms with Crippen molar-refractivity contribution in [1.82, 2.24) is 0 Å². The van der Waals surface area contributed by atoms with Gasteiger partial charge in [0, 0.05) is 0 Å². The topological polar surface area (TPSA) is 0 Å². The zero-order valence-corrected chi connectivity index (χ0v) is 12.1. The maximum atomic E-state index is 2.46. The quantitative estimate of drug-likeness (QED) is 0.518. The molecule has 0 saturated carbocycles. The number of hydrogen-bond donors (Lipinski definition) is 0. The van der Waals surface area contributed by atoms with Gasteiger partial charge < -0.3 is 0 Å². The molecular formula is C17H21Li. The molecule has 1 aliphatic rings. The average Bonchev–Trinajstić information content (AvgIpc) is 2.80. The molecule has 0 N–H and O–H groups in total. The standard InChI is InChI=1S/C17H21.Li/c1-17(2,3)11-15-8-7-14-9-12-5-4-6-13(12)10-16(14)15;/h7-10H,4-6,11H2,1-3H3;/q-1;+1. The first-order chi connectivity index (χ1) is 8.03. The maximum absolute atomic E-state index is 2.46. The zero-order chi connectivity index (χ0) is 12.0. The Morgan fingerprint density at radius 2 is 1.78 bits per heavy atom. The Balaban J connectivity index is 0.00000120. The smallest absolute Gasteiger partial charge is 0.168 e. The average molecular weight is 232 g/mol. The van der Waals surface area contributed by atoms with E-state index in [0.29, 0.717) is 5.41 Å². The van der Waals surface area contributed by atoms with Crippen LogP contribution in [0.3, 0.4) is 0 Å². The van der Waals surface area contributed by atoms with E-state index in [1.807, 2.05) is 0 Å². The van der Waals surface area contributed by atoms with Crippen LogP contribution >= 0.6 is 0 Å². The van der Waals surface area contributed by atoms with Gasteiger partial charge >= 0.3 is 18.9 Å². The second-order valence-electron chi connectivity index (χ2n) is 6.66. The van der Waals surface area contributed by atoms with Crippen LogP contribution in [0.1, 0.15) is 43.9 Å². The molecule has 0 heterocycles. The van der Waals surface area contributed by atoms with Crippen LogP contribution in [-0.2, 0) is 19.3 Å². The normalized spacial score (nSPS) is 14.6. The van der Waals surface area contributed by atoms with E-state index in [0.717, 1.165) is 0 Å². The molecule has 0 unspecified atom stereocenters. The Hall–Kier alpha value is -0.573. The summed E-state index contributed by atoms with van der Waals surface area (Å²) in [5, 5.41) is 2.95. The summed E-state index contributed by atoms with van der Waals surface area (Å²) >= 11 is 0. The molecule has 1 heteroatoms. The predicted octanol–water partition coefficient (Wildman–Crippen LogP) is 1.64. The van der Waals surface area contributed by atoms with Gasteiger partial charge in [-0.1, -0.05) is 38.3 Å². The van der Waals surface area contributed by atoms with Crippen molar-refractivity contribution in [1.29, 1.82) is 0 Å². The van der Waals surface area contributed by atoms with Crippen LogP contribution in [0.2, 0.25) is 0 Å². The first kappa shape index (κ1) is 13.8. The van der Waals surface area contributed by atoms with E-state index >= 15 is 0 Å². The van der Waals surface area contributed by atoms with Gasteiger partial charge in [-0.15, -0.1) is 34.5 Å². The third-order valence-corrected chi connectivity index (χ3v) is 3.79. The van der Waals surface area contributed by atoms with Crippen molar-refractivity contribution in [2.45, 2.75) is 46.5 Å². The summed E-state index contributed by atoms with van der Waals surface area (Å²) in [6, 6.07) is 9.50. The summed E-state index contributed by atoms with van der Waals surface area (Å²) in [4.78, 5) is 0. The molecule has 1 aliphatic carbocycles. The van der Waals surface area contributed by atoms with Gasteiger partial charge in [0.15, 0.2) is 0 Å². The SMILES string of the molecule is CC(C)(C)C[c-]1ccc2cc3c(cc21)CCC3.[Li+]. The predicted molar refractivity (Wildman–Crippen MR) is 74.7 cm³/mol. The summed E-state index contributed by atoms with van der Waals surface area (Å²) in [7, 11) is 0. The van der Waals surface area contributed by atoms with Crippen LogP contribution in [-0.4, -0.2) is 0 Å². The molecule has 0 bridgehead atoms. The second-order valence-corrected chi connectivity index (χ2v) is 6.66. The minimum absolute atomic E-state index is 0. The molecule has 2 aromatic rings. The van der Waals surface area contributed by atoms with Crippen LogP contribution in [0, 0.1) is 5.41 Å². The Labute approximate surface area is 122 Å². The van der Waals surface area contributed by atoms with Gasteiger partial charge in [-0.25, -0.2) is 0 Å². The summed E-state index contributed by atoms with van der Waals surface area (Å²) in [6.45, 7) is 6.96. The first-order valence-corrected chi connectivity index (χ1v) is 6.73. The van der Waals surface area contributed by atoms with Gasteiger partial charge in [-0.2, -0.15) is 6.07 Å². The van der Waals surface area contributed by atoms with Crippen LogP contribution in [0.15, 0.2) is 24.3 Å². The molecule has 0 aliphatic heterocycles. The van der Waals surface area contributed by atoms with Gasteiger partial charge in [0.25, 0.3) is 0 Å². The number of fused-ring (bicyclic) bond motifs is 2. The molecule has 0 atom stereocenters. The van der Waals surface area contributed by atoms with Crippen LogP contribution < -0.4 is 18.9 Å². The largest absolute Gasteiger partial charge is 1.00 e. The fourth-order valence-electron chi connectivity index (χ4n) is 3.06. The van der Waals surface area contributed by atoms with Gasteiger partial charge in [0.05, 0.1) is 0 Å². The monoisotopic (exact) mass is 232 g/mol. The number of hydrogen-bond acceptors (Lipinski definition) is 0. The molecule has 90 valence electrons. The number of aryl methyl sites for hydroxylation is 2. The van der Waals surface area contributed by atoms with Crippen molar-refractivity contribution in [2.75, 3.05) is 0 Å². The Morgan fingerprint density at radius 1 is 1.11 bits per heavy atom. The van der Waals surface area contributed by atoms with Crippen molar-refractivity contribution >= 4 is 10.8 Å². The van der Waals surface area contributed by atoms with E-state index in [1.54, 1.807) is 11.1 Å². The Kier molecular flexibility index (Phi) is 3.72. The van der Waals surface area contributed by atoms with Crippen molar-refractivity contribution in [3.8, 4) is 0 Å². The molecule has 2 aromatic carbocycles. The summed E-state index contributed by atoms with van der Waals surface area (Å²) in [6.07, 6.45) is 5.09. The van der Waals surface area contributed by atoms with E-state index in [4.69, 9.17) is 0 Å². The maximum Gasteiger partial charge on any atom is 1.00 e. The molecule has 0 amide bonds. The third-order valence-electron chi connectivity index (χ3n) is 3.79. The third kappa shape index (κ3) is 2.56.